The molecule has 0 unspecified atom stereocenters. The van der Waals surface area contributed by atoms with Crippen LogP contribution < -0.4 is 5.32 Å². The van der Waals surface area contributed by atoms with Crippen molar-refractivity contribution in [2.24, 2.45) is 0 Å². The van der Waals surface area contributed by atoms with Gasteiger partial charge >= 0.3 is 6.09 Å². The summed E-state index contributed by atoms with van der Waals surface area (Å²) in [5, 5.41) is 11.0. The number of amides is 1. The Hall–Kier alpha value is -2.31. The van der Waals surface area contributed by atoms with Crippen LogP contribution in [-0.2, 0) is 4.79 Å². The van der Waals surface area contributed by atoms with Crippen LogP contribution in [0.15, 0.2) is 23.8 Å². The van der Waals surface area contributed by atoms with Crippen molar-refractivity contribution >= 4 is 12.4 Å². The number of nitrogens with one attached hydrogen (secondary N) is 1. The van der Waals surface area contributed by atoms with Crippen LogP contribution >= 0.6 is 0 Å². The molecule has 1 aliphatic rings. The Morgan fingerprint density at radius 3 is 2.52 bits per heavy atom. The molecular weight excluding hydrogens is 287 g/mol. The van der Waals surface area contributed by atoms with Gasteiger partial charge in [0.2, 0.25) is 0 Å². The van der Waals surface area contributed by atoms with Crippen molar-refractivity contribution in [3.05, 3.63) is 46.8 Å². The Morgan fingerprint density at radius 1 is 1.24 bits per heavy atom. The number of hydrogen-bond acceptors (Lipinski definition) is 2. The number of halogens is 3. The molecule has 1 aromatic rings. The van der Waals surface area contributed by atoms with Crippen molar-refractivity contribution in [1.29, 1.82) is 0 Å². The van der Waals surface area contributed by atoms with Gasteiger partial charge in [0.1, 0.15) is 12.1 Å². The summed E-state index contributed by atoms with van der Waals surface area (Å²) >= 11 is 0. The predicted molar refractivity (Wildman–Crippen MR) is 67.4 cm³/mol. The van der Waals surface area contributed by atoms with Crippen molar-refractivity contribution in [3.8, 4) is 0 Å². The molecule has 0 heterocycles. The average molecular weight is 299 g/mol. The lowest BCUT2D eigenvalue weighted by molar-refractivity contribution is -0.105. The highest BCUT2D eigenvalue weighted by molar-refractivity contribution is 5.74. The zero-order valence-corrected chi connectivity index (χ0v) is 10.8. The van der Waals surface area contributed by atoms with Crippen LogP contribution in [0.1, 0.15) is 24.3 Å². The van der Waals surface area contributed by atoms with E-state index in [4.69, 9.17) is 5.11 Å². The summed E-state index contributed by atoms with van der Waals surface area (Å²) in [6, 6.07) is 0.375. The molecule has 0 radical (unpaired) electrons. The van der Waals surface area contributed by atoms with Gasteiger partial charge in [-0.1, -0.05) is 6.08 Å². The van der Waals surface area contributed by atoms with Crippen LogP contribution in [-0.4, -0.2) is 23.5 Å². The molecule has 1 aliphatic carbocycles. The summed E-state index contributed by atoms with van der Waals surface area (Å²) in [5.41, 5.74) is 0.266. The van der Waals surface area contributed by atoms with E-state index in [1.54, 1.807) is 6.08 Å². The van der Waals surface area contributed by atoms with Crippen molar-refractivity contribution < 1.29 is 27.9 Å². The maximum absolute atomic E-state index is 13.8. The zero-order chi connectivity index (χ0) is 15.6. The second-order valence-corrected chi connectivity index (χ2v) is 4.79. The second-order valence-electron chi connectivity index (χ2n) is 4.79. The Bertz CT molecular complexity index is 616. The van der Waals surface area contributed by atoms with Crippen LogP contribution in [0.2, 0.25) is 0 Å². The minimum Gasteiger partial charge on any atom is -0.465 e. The molecule has 0 saturated heterocycles. The van der Waals surface area contributed by atoms with Crippen LogP contribution in [0.25, 0.3) is 0 Å². The topological polar surface area (TPSA) is 66.4 Å². The van der Waals surface area contributed by atoms with Gasteiger partial charge in [-0.25, -0.2) is 18.0 Å². The maximum atomic E-state index is 13.8. The number of hydrogen-bond donors (Lipinski definition) is 2. The quantitative estimate of drug-likeness (QED) is 0.666. The molecule has 0 aliphatic heterocycles. The number of carboxylic acid groups (broad SMARTS) is 1. The molecule has 1 aromatic carbocycles. The molecule has 0 fully saturated rings. The lowest BCUT2D eigenvalue weighted by Gasteiger charge is -2.30. The molecule has 4 nitrogen and oxygen atoms in total. The fraction of sp³-hybridized carbons (Fsp3) is 0.286. The highest BCUT2D eigenvalue weighted by atomic mass is 19.2. The van der Waals surface area contributed by atoms with Gasteiger partial charge in [0.15, 0.2) is 11.6 Å². The lowest BCUT2D eigenvalue weighted by atomic mass is 9.80. The van der Waals surface area contributed by atoms with Crippen LogP contribution in [0, 0.1) is 17.5 Å². The molecule has 112 valence electrons. The maximum Gasteiger partial charge on any atom is 0.404 e. The Kier molecular flexibility index (Phi) is 4.30. The first kappa shape index (κ1) is 15.1. The van der Waals surface area contributed by atoms with Crippen molar-refractivity contribution in [3.63, 3.8) is 0 Å². The number of carbonyl (C=O) groups is 2. The Labute approximate surface area is 118 Å². The molecule has 0 aromatic heterocycles. The molecule has 2 atom stereocenters. The van der Waals surface area contributed by atoms with Crippen molar-refractivity contribution in [2.45, 2.75) is 24.8 Å². The summed E-state index contributed by atoms with van der Waals surface area (Å²) in [4.78, 5) is 21.6. The van der Waals surface area contributed by atoms with Crippen molar-refractivity contribution in [2.75, 3.05) is 0 Å². The second kappa shape index (κ2) is 5.99. The molecule has 2 rings (SSSR count). The molecular formula is C14H12F3NO3. The van der Waals surface area contributed by atoms with Gasteiger partial charge in [0, 0.05) is 18.0 Å². The number of carbonyl (C=O) groups excluding carboxylic acids is 1. The third-order valence-electron chi connectivity index (χ3n) is 3.47. The highest BCUT2D eigenvalue weighted by Gasteiger charge is 2.31. The van der Waals surface area contributed by atoms with Crippen LogP contribution in [0.3, 0.4) is 0 Å². The molecule has 0 bridgehead atoms. The van der Waals surface area contributed by atoms with E-state index in [1.165, 1.54) is 0 Å². The Morgan fingerprint density at radius 2 is 1.90 bits per heavy atom. The number of benzene rings is 1. The molecule has 1 amide bonds. The van der Waals surface area contributed by atoms with Crippen molar-refractivity contribution in [1.82, 2.24) is 5.32 Å². The number of rotatable bonds is 3. The molecule has 21 heavy (non-hydrogen) atoms. The fourth-order valence-corrected chi connectivity index (χ4v) is 2.49. The van der Waals surface area contributed by atoms with Gasteiger partial charge in [-0.05, 0) is 30.0 Å². The summed E-state index contributed by atoms with van der Waals surface area (Å²) in [6.45, 7) is 0. The molecule has 0 saturated carbocycles. The normalized spacial score (nSPS) is 21.6. The summed E-state index contributed by atoms with van der Waals surface area (Å²) in [6.07, 6.45) is 1.02. The lowest BCUT2D eigenvalue weighted by Crippen LogP contribution is -2.40. The van der Waals surface area contributed by atoms with Gasteiger partial charge in [-0.2, -0.15) is 0 Å². The summed E-state index contributed by atoms with van der Waals surface area (Å²) < 4.78 is 40.1. The third-order valence-corrected chi connectivity index (χ3v) is 3.47. The summed E-state index contributed by atoms with van der Waals surface area (Å²) in [5.74, 6) is -4.16. The van der Waals surface area contributed by atoms with E-state index in [-0.39, 0.29) is 18.4 Å². The highest BCUT2D eigenvalue weighted by Crippen LogP contribution is 2.34. The van der Waals surface area contributed by atoms with E-state index >= 15 is 0 Å². The first-order valence-electron chi connectivity index (χ1n) is 6.20. The first-order valence-corrected chi connectivity index (χ1v) is 6.20. The van der Waals surface area contributed by atoms with E-state index in [1.807, 2.05) is 0 Å². The van der Waals surface area contributed by atoms with Gasteiger partial charge in [0.05, 0.1) is 0 Å². The standard InChI is InChI=1S/C14H12F3NO3/c15-10-5-12(17)11(16)4-9(10)8-2-1-7(6-19)3-13(8)18-14(20)21/h1,4-6,8,13,18H,2-3H2,(H,20,21)/t8-,13+/m0/s1. The minimum atomic E-state index is -1.33. The third kappa shape index (κ3) is 3.24. The van der Waals surface area contributed by atoms with E-state index in [2.05, 4.69) is 5.32 Å². The van der Waals surface area contributed by atoms with E-state index in [0.29, 0.717) is 17.9 Å². The fourth-order valence-electron chi connectivity index (χ4n) is 2.49. The minimum absolute atomic E-state index is 0.0684. The average Bonchev–Trinajstić information content (AvgIpc) is 2.42. The number of allylic oxidation sites excluding steroid dienone is 1. The predicted octanol–water partition coefficient (Wildman–Crippen LogP) is 2.74. The number of aldehydes is 1. The SMILES string of the molecule is O=CC1=CC[C@@H](c2cc(F)c(F)cc2F)[C@H](NC(=O)O)C1. The molecule has 2 N–H and O–H groups in total. The van der Waals surface area contributed by atoms with Crippen LogP contribution in [0.5, 0.6) is 0 Å². The van der Waals surface area contributed by atoms with Gasteiger partial charge in [0.25, 0.3) is 0 Å². The molecule has 7 heteroatoms. The van der Waals surface area contributed by atoms with Crippen LogP contribution in [0.4, 0.5) is 18.0 Å². The van der Waals surface area contributed by atoms with Gasteiger partial charge < -0.3 is 10.4 Å². The van der Waals surface area contributed by atoms with E-state index in [0.717, 1.165) is 6.07 Å². The van der Waals surface area contributed by atoms with Gasteiger partial charge in [-0.3, -0.25) is 4.79 Å². The van der Waals surface area contributed by atoms with Gasteiger partial charge in [-0.15, -0.1) is 0 Å². The summed E-state index contributed by atoms with van der Waals surface area (Å²) in [7, 11) is 0. The zero-order valence-electron chi connectivity index (χ0n) is 10.8. The first-order chi connectivity index (χ1) is 9.92. The Balaban J connectivity index is 2.39. The largest absolute Gasteiger partial charge is 0.465 e. The molecule has 0 spiro atoms. The smallest absolute Gasteiger partial charge is 0.404 e. The monoisotopic (exact) mass is 299 g/mol. The van der Waals surface area contributed by atoms with E-state index in [9.17, 15) is 22.8 Å². The van der Waals surface area contributed by atoms with E-state index < -0.39 is 35.5 Å².